The Labute approximate surface area is 151 Å². The van der Waals surface area contributed by atoms with Crippen LogP contribution in [0.5, 0.6) is 0 Å². The molecule has 1 aromatic rings. The van der Waals surface area contributed by atoms with Gasteiger partial charge < -0.3 is 9.80 Å². The van der Waals surface area contributed by atoms with E-state index < -0.39 is 0 Å². The zero-order chi connectivity index (χ0) is 17.8. The lowest BCUT2D eigenvalue weighted by Crippen LogP contribution is -2.49. The van der Waals surface area contributed by atoms with Crippen LogP contribution in [0.1, 0.15) is 69.8 Å². The first kappa shape index (κ1) is 18.2. The predicted octanol–water partition coefficient (Wildman–Crippen LogP) is 3.53. The molecule has 1 aromatic heterocycles. The molecule has 5 nitrogen and oxygen atoms in total. The number of anilines is 1. The largest absolute Gasteiger partial charge is 0.353 e. The fraction of sp³-hybridized carbons (Fsp3) is 0.750. The van der Waals surface area contributed by atoms with Gasteiger partial charge >= 0.3 is 0 Å². The van der Waals surface area contributed by atoms with Crippen LogP contribution in [-0.2, 0) is 4.79 Å². The summed E-state index contributed by atoms with van der Waals surface area (Å²) in [5, 5.41) is 0. The molecule has 0 radical (unpaired) electrons. The number of nitrogens with zero attached hydrogens (tertiary/aromatic N) is 4. The minimum absolute atomic E-state index is 0.331. The Kier molecular flexibility index (Phi) is 5.92. The Hall–Kier alpha value is -1.65. The number of amides is 1. The highest BCUT2D eigenvalue weighted by atomic mass is 16.2. The number of hydrogen-bond donors (Lipinski definition) is 0. The fourth-order valence-corrected chi connectivity index (χ4v) is 3.95. The first-order valence-electron chi connectivity index (χ1n) is 9.91. The molecule has 2 aliphatic rings. The Morgan fingerprint density at radius 2 is 1.80 bits per heavy atom. The van der Waals surface area contributed by atoms with Crippen molar-refractivity contribution in [3.8, 4) is 0 Å². The van der Waals surface area contributed by atoms with Crippen molar-refractivity contribution in [1.82, 2.24) is 14.9 Å². The lowest BCUT2D eigenvalue weighted by atomic mass is 9.86. The molecular formula is C20H32N4O. The van der Waals surface area contributed by atoms with Crippen LogP contribution in [0.4, 0.5) is 5.82 Å². The molecule has 138 valence electrons. The molecule has 0 bridgehead atoms. The van der Waals surface area contributed by atoms with Crippen LogP contribution in [-0.4, -0.2) is 47.0 Å². The van der Waals surface area contributed by atoms with E-state index in [1.54, 1.807) is 0 Å². The lowest BCUT2D eigenvalue weighted by molar-refractivity contribution is -0.132. The van der Waals surface area contributed by atoms with Gasteiger partial charge in [-0.15, -0.1) is 0 Å². The van der Waals surface area contributed by atoms with Gasteiger partial charge in [-0.3, -0.25) is 4.79 Å². The molecule has 0 unspecified atom stereocenters. The van der Waals surface area contributed by atoms with Gasteiger partial charge in [-0.1, -0.05) is 33.1 Å². The highest BCUT2D eigenvalue weighted by molar-refractivity contribution is 5.76. The molecule has 1 saturated heterocycles. The van der Waals surface area contributed by atoms with Gasteiger partial charge in [0.2, 0.25) is 5.91 Å². The fourth-order valence-electron chi connectivity index (χ4n) is 3.95. The van der Waals surface area contributed by atoms with E-state index in [-0.39, 0.29) is 0 Å². The maximum Gasteiger partial charge on any atom is 0.222 e. The smallest absolute Gasteiger partial charge is 0.222 e. The molecule has 0 aromatic carbocycles. The van der Waals surface area contributed by atoms with Crippen LogP contribution in [0.15, 0.2) is 6.07 Å². The van der Waals surface area contributed by atoms with E-state index in [1.165, 1.54) is 32.1 Å². The number of aromatic nitrogens is 2. The number of carbonyl (C=O) groups excluding carboxylic acids is 1. The SMILES string of the molecule is Cc1cc(N2CCN(C(=O)CC3CCCCC3)CC2)nc(C(C)C)n1. The number of piperazine rings is 1. The van der Waals surface area contributed by atoms with E-state index in [0.717, 1.165) is 49.9 Å². The standard InChI is InChI=1S/C20H32N4O/c1-15(2)20-21-16(3)13-18(22-20)23-9-11-24(12-10-23)19(25)14-17-7-5-4-6-8-17/h13,15,17H,4-12,14H2,1-3H3. The molecular weight excluding hydrogens is 312 g/mol. The maximum atomic E-state index is 12.6. The maximum absolute atomic E-state index is 12.6. The molecule has 5 heteroatoms. The number of hydrogen-bond acceptors (Lipinski definition) is 4. The van der Waals surface area contributed by atoms with Gasteiger partial charge in [-0.2, -0.15) is 0 Å². The summed E-state index contributed by atoms with van der Waals surface area (Å²) in [6, 6.07) is 2.06. The third-order valence-electron chi connectivity index (χ3n) is 5.52. The van der Waals surface area contributed by atoms with Crippen LogP contribution >= 0.6 is 0 Å². The normalized spacial score (nSPS) is 19.5. The second kappa shape index (κ2) is 8.15. The summed E-state index contributed by atoms with van der Waals surface area (Å²) in [6.45, 7) is 9.63. The Morgan fingerprint density at radius 1 is 1.12 bits per heavy atom. The van der Waals surface area contributed by atoms with E-state index in [1.807, 2.05) is 6.92 Å². The summed E-state index contributed by atoms with van der Waals surface area (Å²) < 4.78 is 0. The zero-order valence-corrected chi connectivity index (χ0v) is 16.0. The van der Waals surface area contributed by atoms with Crippen LogP contribution < -0.4 is 4.90 Å². The van der Waals surface area contributed by atoms with Gasteiger partial charge in [-0.05, 0) is 25.7 Å². The van der Waals surface area contributed by atoms with Gasteiger partial charge in [0.1, 0.15) is 11.6 Å². The van der Waals surface area contributed by atoms with E-state index in [0.29, 0.717) is 17.7 Å². The molecule has 25 heavy (non-hydrogen) atoms. The van der Waals surface area contributed by atoms with Gasteiger partial charge in [0.15, 0.2) is 0 Å². The third-order valence-corrected chi connectivity index (χ3v) is 5.52. The van der Waals surface area contributed by atoms with E-state index >= 15 is 0 Å². The van der Waals surface area contributed by atoms with E-state index in [9.17, 15) is 4.79 Å². The molecule has 2 fully saturated rings. The quantitative estimate of drug-likeness (QED) is 0.838. The van der Waals surface area contributed by atoms with Crippen molar-refractivity contribution in [3.05, 3.63) is 17.6 Å². The number of carbonyl (C=O) groups is 1. The highest BCUT2D eigenvalue weighted by Gasteiger charge is 2.25. The molecule has 3 rings (SSSR count). The van der Waals surface area contributed by atoms with E-state index in [4.69, 9.17) is 4.98 Å². The monoisotopic (exact) mass is 344 g/mol. The van der Waals surface area contributed by atoms with Crippen LogP contribution in [0.2, 0.25) is 0 Å². The van der Waals surface area contributed by atoms with Crippen molar-refractivity contribution in [1.29, 1.82) is 0 Å². The van der Waals surface area contributed by atoms with Gasteiger partial charge in [0.05, 0.1) is 0 Å². The van der Waals surface area contributed by atoms with Gasteiger partial charge in [-0.25, -0.2) is 9.97 Å². The minimum Gasteiger partial charge on any atom is -0.353 e. The molecule has 1 saturated carbocycles. The first-order valence-corrected chi connectivity index (χ1v) is 9.91. The second-order valence-corrected chi connectivity index (χ2v) is 7.96. The van der Waals surface area contributed by atoms with Crippen LogP contribution in [0.3, 0.4) is 0 Å². The minimum atomic E-state index is 0.331. The molecule has 0 spiro atoms. The second-order valence-electron chi connectivity index (χ2n) is 7.96. The van der Waals surface area contributed by atoms with Crippen molar-refractivity contribution in [2.24, 2.45) is 5.92 Å². The summed E-state index contributed by atoms with van der Waals surface area (Å²) in [6.07, 6.45) is 7.19. The van der Waals surface area contributed by atoms with Crippen molar-refractivity contribution in [3.63, 3.8) is 0 Å². The average molecular weight is 345 g/mol. The van der Waals surface area contributed by atoms with Gasteiger partial charge in [0.25, 0.3) is 0 Å². The van der Waals surface area contributed by atoms with Gasteiger partial charge in [0, 0.05) is 50.3 Å². The van der Waals surface area contributed by atoms with E-state index in [2.05, 4.69) is 34.7 Å². The summed E-state index contributed by atoms with van der Waals surface area (Å²) in [4.78, 5) is 26.2. The number of rotatable bonds is 4. The first-order chi connectivity index (χ1) is 12.0. The molecule has 0 atom stereocenters. The molecule has 1 aliphatic carbocycles. The van der Waals surface area contributed by atoms with Crippen molar-refractivity contribution in [2.75, 3.05) is 31.1 Å². The zero-order valence-electron chi connectivity index (χ0n) is 16.0. The van der Waals surface area contributed by atoms with Crippen molar-refractivity contribution >= 4 is 11.7 Å². The Bertz CT molecular complexity index is 587. The Morgan fingerprint density at radius 3 is 2.44 bits per heavy atom. The summed E-state index contributed by atoms with van der Waals surface area (Å²) >= 11 is 0. The number of aryl methyl sites for hydroxylation is 1. The van der Waals surface area contributed by atoms with Crippen LogP contribution in [0.25, 0.3) is 0 Å². The predicted molar refractivity (Wildman–Crippen MR) is 101 cm³/mol. The molecule has 1 amide bonds. The van der Waals surface area contributed by atoms with Crippen molar-refractivity contribution < 1.29 is 4.79 Å². The topological polar surface area (TPSA) is 49.3 Å². The molecule has 2 heterocycles. The Balaban J connectivity index is 1.55. The average Bonchev–Trinajstić information content (AvgIpc) is 2.62. The van der Waals surface area contributed by atoms with Crippen LogP contribution in [0, 0.1) is 12.8 Å². The summed E-state index contributed by atoms with van der Waals surface area (Å²) in [7, 11) is 0. The lowest BCUT2D eigenvalue weighted by Gasteiger charge is -2.36. The summed E-state index contributed by atoms with van der Waals surface area (Å²) in [5.74, 6) is 3.23. The van der Waals surface area contributed by atoms with Crippen molar-refractivity contribution in [2.45, 2.75) is 65.2 Å². The summed E-state index contributed by atoms with van der Waals surface area (Å²) in [5.41, 5.74) is 1.02. The highest BCUT2D eigenvalue weighted by Crippen LogP contribution is 2.27. The third kappa shape index (κ3) is 4.71. The molecule has 0 N–H and O–H groups in total. The molecule has 1 aliphatic heterocycles.